The Morgan fingerprint density at radius 3 is 1.91 bits per heavy atom. The summed E-state index contributed by atoms with van der Waals surface area (Å²) < 4.78 is 5.46. The smallest absolute Gasteiger partial charge is 0.316 e. The van der Waals surface area contributed by atoms with Crippen LogP contribution in [-0.4, -0.2) is 15.7 Å². The van der Waals surface area contributed by atoms with Crippen molar-refractivity contribution in [3.8, 4) is 0 Å². The third-order valence-electron chi connectivity index (χ3n) is 3.80. The topological polar surface area (TPSA) is 26.3 Å². The van der Waals surface area contributed by atoms with E-state index in [1.54, 1.807) is 0 Å². The van der Waals surface area contributed by atoms with Gasteiger partial charge >= 0.3 is 5.97 Å². The van der Waals surface area contributed by atoms with Crippen LogP contribution in [0.3, 0.4) is 0 Å². The van der Waals surface area contributed by atoms with E-state index in [0.29, 0.717) is 0 Å². The lowest BCUT2D eigenvalue weighted by Crippen LogP contribution is -2.26. The van der Waals surface area contributed by atoms with Gasteiger partial charge in [0.1, 0.15) is 0 Å². The molecule has 0 aliphatic carbocycles. The molecular formula is C19H22O2Si. The Labute approximate surface area is 134 Å². The second-order valence-corrected chi connectivity index (χ2v) is 8.45. The van der Waals surface area contributed by atoms with Gasteiger partial charge in [-0.1, -0.05) is 81.1 Å². The van der Waals surface area contributed by atoms with Crippen LogP contribution in [0.1, 0.15) is 30.9 Å². The van der Waals surface area contributed by atoms with E-state index in [1.807, 2.05) is 12.1 Å². The Morgan fingerprint density at radius 1 is 1.05 bits per heavy atom. The molecule has 0 N–H and O–H groups in total. The lowest BCUT2D eigenvalue weighted by molar-refractivity contribution is -0.129. The van der Waals surface area contributed by atoms with Crippen molar-refractivity contribution in [2.75, 3.05) is 0 Å². The van der Waals surface area contributed by atoms with Gasteiger partial charge in [-0.05, 0) is 16.2 Å². The van der Waals surface area contributed by atoms with Crippen molar-refractivity contribution in [1.29, 1.82) is 0 Å². The molecule has 3 heteroatoms. The second kappa shape index (κ2) is 7.23. The van der Waals surface area contributed by atoms with E-state index in [-0.39, 0.29) is 16.9 Å². The van der Waals surface area contributed by atoms with E-state index in [4.69, 9.17) is 4.43 Å². The Morgan fingerprint density at radius 2 is 1.50 bits per heavy atom. The molecule has 0 atom stereocenters. The fraction of sp³-hybridized carbons (Fsp3) is 0.211. The Hall–Kier alpha value is -2.13. The largest absolute Gasteiger partial charge is 0.521 e. The zero-order chi connectivity index (χ0) is 16.0. The van der Waals surface area contributed by atoms with Crippen LogP contribution in [-0.2, 0) is 9.22 Å². The molecule has 0 aromatic heterocycles. The molecule has 0 fully saturated rings. The minimum absolute atomic E-state index is 0.0959. The summed E-state index contributed by atoms with van der Waals surface area (Å²) in [4.78, 5) is 11.4. The van der Waals surface area contributed by atoms with Crippen LogP contribution < -0.4 is 0 Å². The molecular weight excluding hydrogens is 288 g/mol. The highest BCUT2D eigenvalue weighted by atomic mass is 28.2. The maximum Gasteiger partial charge on any atom is 0.316 e. The zero-order valence-electron chi connectivity index (χ0n) is 13.2. The number of carbonyl (C=O) groups excluding carboxylic acids is 1. The SMILES string of the molecule is C=CC(=O)O[SiH2]C(C)(C)C(c1ccccc1)c1ccccc1. The fourth-order valence-corrected chi connectivity index (χ4v) is 4.06. The number of hydrogen-bond acceptors (Lipinski definition) is 2. The third kappa shape index (κ3) is 3.95. The van der Waals surface area contributed by atoms with Crippen molar-refractivity contribution in [1.82, 2.24) is 0 Å². The molecule has 0 aliphatic rings. The molecule has 0 saturated heterocycles. The van der Waals surface area contributed by atoms with Gasteiger partial charge in [0.15, 0.2) is 0 Å². The first-order valence-corrected chi connectivity index (χ1v) is 8.72. The molecule has 0 bridgehead atoms. The summed E-state index contributed by atoms with van der Waals surface area (Å²) in [6, 6.07) is 20.8. The van der Waals surface area contributed by atoms with Crippen LogP contribution >= 0.6 is 0 Å². The average molecular weight is 310 g/mol. The van der Waals surface area contributed by atoms with Crippen molar-refractivity contribution < 1.29 is 9.22 Å². The van der Waals surface area contributed by atoms with E-state index >= 15 is 0 Å². The Balaban J connectivity index is 2.36. The molecule has 0 saturated carbocycles. The highest BCUT2D eigenvalue weighted by Gasteiger charge is 2.34. The molecule has 0 radical (unpaired) electrons. The van der Waals surface area contributed by atoms with Gasteiger partial charge in [-0.15, -0.1) is 0 Å². The van der Waals surface area contributed by atoms with Crippen LogP contribution in [0.2, 0.25) is 5.04 Å². The first-order chi connectivity index (χ1) is 10.5. The fourth-order valence-electron chi connectivity index (χ4n) is 2.79. The average Bonchev–Trinajstić information content (AvgIpc) is 2.54. The summed E-state index contributed by atoms with van der Waals surface area (Å²) in [6.07, 6.45) is 1.24. The van der Waals surface area contributed by atoms with Gasteiger partial charge in [0.2, 0.25) is 9.76 Å². The predicted octanol–water partition coefficient (Wildman–Crippen LogP) is 3.83. The van der Waals surface area contributed by atoms with Crippen molar-refractivity contribution in [3.63, 3.8) is 0 Å². The first-order valence-electron chi connectivity index (χ1n) is 7.43. The Bertz CT molecular complexity index is 581. The van der Waals surface area contributed by atoms with E-state index in [1.165, 1.54) is 17.2 Å². The van der Waals surface area contributed by atoms with E-state index in [9.17, 15) is 4.79 Å². The molecule has 0 heterocycles. The summed E-state index contributed by atoms with van der Waals surface area (Å²) in [6.45, 7) is 7.83. The number of carbonyl (C=O) groups is 1. The highest BCUT2D eigenvalue weighted by Crippen LogP contribution is 2.45. The van der Waals surface area contributed by atoms with Crippen LogP contribution in [0.15, 0.2) is 73.3 Å². The van der Waals surface area contributed by atoms with Gasteiger partial charge in [0.05, 0.1) is 0 Å². The van der Waals surface area contributed by atoms with Gasteiger partial charge in [0, 0.05) is 12.0 Å². The molecule has 0 unspecified atom stereocenters. The highest BCUT2D eigenvalue weighted by molar-refractivity contribution is 6.36. The van der Waals surface area contributed by atoms with Crippen molar-refractivity contribution in [2.45, 2.75) is 24.8 Å². The number of hydrogen-bond donors (Lipinski definition) is 0. The summed E-state index contributed by atoms with van der Waals surface area (Å²) in [5, 5.41) is -0.0959. The molecule has 2 rings (SSSR count). The molecule has 0 amide bonds. The Kier molecular flexibility index (Phi) is 5.34. The second-order valence-electron chi connectivity index (χ2n) is 6.05. The molecule has 0 spiro atoms. The standard InChI is InChI=1S/C19H22O2Si/c1-4-17(20)21-22-19(2,3)18(15-11-7-5-8-12-15)16-13-9-6-10-14-16/h4-14,18H,1,22H2,2-3H3. The van der Waals surface area contributed by atoms with Crippen LogP contribution in [0, 0.1) is 0 Å². The molecule has 114 valence electrons. The minimum atomic E-state index is -1.08. The van der Waals surface area contributed by atoms with Crippen molar-refractivity contribution >= 4 is 15.7 Å². The number of rotatable bonds is 6. The van der Waals surface area contributed by atoms with Gasteiger partial charge < -0.3 is 4.43 Å². The van der Waals surface area contributed by atoms with Gasteiger partial charge in [0.25, 0.3) is 0 Å². The van der Waals surface area contributed by atoms with Crippen LogP contribution in [0.4, 0.5) is 0 Å². The minimum Gasteiger partial charge on any atom is -0.521 e. The summed E-state index contributed by atoms with van der Waals surface area (Å²) in [7, 11) is -1.08. The predicted molar refractivity (Wildman–Crippen MR) is 93.6 cm³/mol. The van der Waals surface area contributed by atoms with Crippen LogP contribution in [0.5, 0.6) is 0 Å². The summed E-state index contributed by atoms with van der Waals surface area (Å²) >= 11 is 0. The lowest BCUT2D eigenvalue weighted by Gasteiger charge is -2.34. The molecule has 2 nitrogen and oxygen atoms in total. The van der Waals surface area contributed by atoms with Crippen molar-refractivity contribution in [2.24, 2.45) is 0 Å². The first kappa shape index (κ1) is 16.2. The monoisotopic (exact) mass is 310 g/mol. The third-order valence-corrected chi connectivity index (χ3v) is 5.38. The summed E-state index contributed by atoms with van der Waals surface area (Å²) in [5.74, 6) is -0.112. The van der Waals surface area contributed by atoms with Gasteiger partial charge in [-0.3, -0.25) is 0 Å². The maximum atomic E-state index is 11.4. The van der Waals surface area contributed by atoms with Gasteiger partial charge in [-0.2, -0.15) is 0 Å². The molecule has 0 aliphatic heterocycles. The van der Waals surface area contributed by atoms with Crippen molar-refractivity contribution in [3.05, 3.63) is 84.4 Å². The van der Waals surface area contributed by atoms with Gasteiger partial charge in [-0.25, -0.2) is 4.79 Å². The van der Waals surface area contributed by atoms with Crippen LogP contribution in [0.25, 0.3) is 0 Å². The number of benzene rings is 2. The quantitative estimate of drug-likeness (QED) is 0.599. The van der Waals surface area contributed by atoms with E-state index < -0.39 is 9.76 Å². The normalized spacial score (nSPS) is 11.8. The molecule has 2 aromatic carbocycles. The molecule has 2 aromatic rings. The summed E-state index contributed by atoms with van der Waals surface area (Å²) in [5.41, 5.74) is 2.50. The maximum absolute atomic E-state index is 11.4. The zero-order valence-corrected chi connectivity index (χ0v) is 14.6. The van der Waals surface area contributed by atoms with E-state index in [0.717, 1.165) is 0 Å². The lowest BCUT2D eigenvalue weighted by atomic mass is 9.82. The molecule has 22 heavy (non-hydrogen) atoms. The van der Waals surface area contributed by atoms with E-state index in [2.05, 4.69) is 69.0 Å².